The van der Waals surface area contributed by atoms with Gasteiger partial charge in [-0.2, -0.15) is 0 Å². The average molecular weight is 210 g/mol. The Morgan fingerprint density at radius 3 is 2.40 bits per heavy atom. The molecule has 0 unspecified atom stereocenters. The van der Waals surface area contributed by atoms with E-state index >= 15 is 0 Å². The Labute approximate surface area is 92.4 Å². The van der Waals surface area contributed by atoms with Gasteiger partial charge in [-0.05, 0) is 31.8 Å². The third kappa shape index (κ3) is 2.33. The first-order valence-corrected chi connectivity index (χ1v) is 6.22. The molecule has 0 saturated carbocycles. The Morgan fingerprint density at radius 1 is 1.27 bits per heavy atom. The second-order valence-electron chi connectivity index (χ2n) is 5.02. The topological polar surface area (TPSA) is 23.6 Å². The van der Waals surface area contributed by atoms with E-state index in [-0.39, 0.29) is 0 Å². The van der Waals surface area contributed by atoms with Gasteiger partial charge < -0.3 is 4.90 Å². The van der Waals surface area contributed by atoms with Crippen LogP contribution in [0.25, 0.3) is 0 Å². The molecule has 15 heavy (non-hydrogen) atoms. The highest BCUT2D eigenvalue weighted by Gasteiger charge is 2.34. The maximum atomic E-state index is 11.4. The quantitative estimate of drug-likeness (QED) is 0.686. The smallest absolute Gasteiger partial charge is 0.222 e. The summed E-state index contributed by atoms with van der Waals surface area (Å²) in [6.07, 6.45) is 3.32. The van der Waals surface area contributed by atoms with E-state index < -0.39 is 0 Å². The van der Waals surface area contributed by atoms with Crippen molar-refractivity contribution in [2.24, 2.45) is 5.92 Å². The summed E-state index contributed by atoms with van der Waals surface area (Å²) < 4.78 is 0. The molecular formula is C12H22N2O. The standard InChI is InChI=1S/C12H22N2O/c1-3-12(15)14-8-11(9-14)13-6-4-10(2)5-7-13/h10-11H,3-9H2,1-2H3. The van der Waals surface area contributed by atoms with Gasteiger partial charge in [0.05, 0.1) is 0 Å². The Bertz CT molecular complexity index is 228. The number of nitrogens with zero attached hydrogens (tertiary/aromatic N) is 2. The number of carbonyl (C=O) groups excluding carboxylic acids is 1. The zero-order valence-electron chi connectivity index (χ0n) is 9.91. The first kappa shape index (κ1) is 10.9. The van der Waals surface area contributed by atoms with Crippen molar-refractivity contribution in [2.75, 3.05) is 26.2 Å². The number of likely N-dealkylation sites (tertiary alicyclic amines) is 2. The molecule has 0 bridgehead atoms. The van der Waals surface area contributed by atoms with Crippen LogP contribution >= 0.6 is 0 Å². The minimum atomic E-state index is 0.316. The molecule has 3 heteroatoms. The summed E-state index contributed by atoms with van der Waals surface area (Å²) in [6.45, 7) is 8.70. The normalized spacial score (nSPS) is 25.3. The minimum Gasteiger partial charge on any atom is -0.339 e. The maximum Gasteiger partial charge on any atom is 0.222 e. The summed E-state index contributed by atoms with van der Waals surface area (Å²) in [5.41, 5.74) is 0. The van der Waals surface area contributed by atoms with E-state index in [4.69, 9.17) is 0 Å². The molecule has 0 aromatic rings. The van der Waals surface area contributed by atoms with E-state index in [0.29, 0.717) is 18.4 Å². The van der Waals surface area contributed by atoms with E-state index in [1.165, 1.54) is 25.9 Å². The summed E-state index contributed by atoms with van der Waals surface area (Å²) in [5.74, 6) is 1.21. The van der Waals surface area contributed by atoms with Crippen LogP contribution in [-0.4, -0.2) is 47.9 Å². The molecule has 2 heterocycles. The summed E-state index contributed by atoms with van der Waals surface area (Å²) in [5, 5.41) is 0. The minimum absolute atomic E-state index is 0.316. The second kappa shape index (κ2) is 4.52. The summed E-state index contributed by atoms with van der Waals surface area (Å²) in [7, 11) is 0. The highest BCUT2D eigenvalue weighted by atomic mass is 16.2. The van der Waals surface area contributed by atoms with Crippen LogP contribution in [0.5, 0.6) is 0 Å². The molecule has 2 rings (SSSR count). The molecule has 0 spiro atoms. The average Bonchev–Trinajstić information content (AvgIpc) is 2.18. The third-order valence-electron chi connectivity index (χ3n) is 3.85. The van der Waals surface area contributed by atoms with Crippen molar-refractivity contribution in [3.63, 3.8) is 0 Å². The van der Waals surface area contributed by atoms with Crippen LogP contribution in [0.3, 0.4) is 0 Å². The molecular weight excluding hydrogens is 188 g/mol. The first-order chi connectivity index (χ1) is 7.20. The highest BCUT2D eigenvalue weighted by Crippen LogP contribution is 2.22. The maximum absolute atomic E-state index is 11.4. The molecule has 0 radical (unpaired) electrons. The van der Waals surface area contributed by atoms with Gasteiger partial charge in [0.1, 0.15) is 0 Å². The van der Waals surface area contributed by atoms with Crippen LogP contribution in [0.4, 0.5) is 0 Å². The molecule has 0 aromatic carbocycles. The van der Waals surface area contributed by atoms with Gasteiger partial charge in [0.2, 0.25) is 5.91 Å². The number of rotatable bonds is 2. The van der Waals surface area contributed by atoms with Gasteiger partial charge in [-0.15, -0.1) is 0 Å². The van der Waals surface area contributed by atoms with Crippen molar-refractivity contribution in [3.8, 4) is 0 Å². The van der Waals surface area contributed by atoms with E-state index in [1.54, 1.807) is 0 Å². The number of amides is 1. The van der Waals surface area contributed by atoms with E-state index in [1.807, 2.05) is 11.8 Å². The molecule has 0 aromatic heterocycles. The van der Waals surface area contributed by atoms with Crippen LogP contribution in [0.1, 0.15) is 33.1 Å². The van der Waals surface area contributed by atoms with Gasteiger partial charge in [-0.25, -0.2) is 0 Å². The summed E-state index contributed by atoms with van der Waals surface area (Å²) in [4.78, 5) is 15.9. The SMILES string of the molecule is CCC(=O)N1CC(N2CCC(C)CC2)C1. The van der Waals surface area contributed by atoms with Crippen LogP contribution in [0.2, 0.25) is 0 Å². The van der Waals surface area contributed by atoms with Gasteiger partial charge in [0, 0.05) is 25.6 Å². The van der Waals surface area contributed by atoms with Gasteiger partial charge in [-0.3, -0.25) is 9.69 Å². The molecule has 2 aliphatic heterocycles. The Morgan fingerprint density at radius 2 is 1.87 bits per heavy atom. The van der Waals surface area contributed by atoms with Crippen molar-refractivity contribution in [3.05, 3.63) is 0 Å². The van der Waals surface area contributed by atoms with Gasteiger partial charge >= 0.3 is 0 Å². The highest BCUT2D eigenvalue weighted by molar-refractivity contribution is 5.76. The lowest BCUT2D eigenvalue weighted by Gasteiger charge is -2.47. The predicted molar refractivity (Wildman–Crippen MR) is 60.6 cm³/mol. The number of piperidine rings is 1. The van der Waals surface area contributed by atoms with Gasteiger partial charge in [0.25, 0.3) is 0 Å². The molecule has 2 saturated heterocycles. The van der Waals surface area contributed by atoms with Crippen molar-refractivity contribution in [1.29, 1.82) is 0 Å². The lowest BCUT2D eigenvalue weighted by atomic mass is 9.96. The van der Waals surface area contributed by atoms with Crippen LogP contribution in [0.15, 0.2) is 0 Å². The molecule has 0 atom stereocenters. The van der Waals surface area contributed by atoms with Crippen molar-refractivity contribution in [2.45, 2.75) is 39.2 Å². The van der Waals surface area contributed by atoms with E-state index in [2.05, 4.69) is 11.8 Å². The van der Waals surface area contributed by atoms with Gasteiger partial charge in [-0.1, -0.05) is 13.8 Å². The van der Waals surface area contributed by atoms with Crippen molar-refractivity contribution >= 4 is 5.91 Å². The molecule has 86 valence electrons. The molecule has 2 aliphatic rings. The fraction of sp³-hybridized carbons (Fsp3) is 0.917. The Hall–Kier alpha value is -0.570. The molecule has 2 fully saturated rings. The lowest BCUT2D eigenvalue weighted by Crippen LogP contribution is -2.62. The number of hydrogen-bond donors (Lipinski definition) is 0. The van der Waals surface area contributed by atoms with E-state index in [9.17, 15) is 4.79 Å². The van der Waals surface area contributed by atoms with Crippen molar-refractivity contribution < 1.29 is 4.79 Å². The Kier molecular flexibility index (Phi) is 3.29. The summed E-state index contributed by atoms with van der Waals surface area (Å²) >= 11 is 0. The van der Waals surface area contributed by atoms with Crippen LogP contribution in [0, 0.1) is 5.92 Å². The van der Waals surface area contributed by atoms with Crippen molar-refractivity contribution in [1.82, 2.24) is 9.80 Å². The second-order valence-corrected chi connectivity index (χ2v) is 5.02. The van der Waals surface area contributed by atoms with E-state index in [0.717, 1.165) is 19.0 Å². The van der Waals surface area contributed by atoms with Gasteiger partial charge in [0.15, 0.2) is 0 Å². The zero-order valence-corrected chi connectivity index (χ0v) is 9.91. The van der Waals surface area contributed by atoms with Crippen LogP contribution in [-0.2, 0) is 4.79 Å². The fourth-order valence-corrected chi connectivity index (χ4v) is 2.51. The summed E-state index contributed by atoms with van der Waals surface area (Å²) in [6, 6.07) is 0.660. The third-order valence-corrected chi connectivity index (χ3v) is 3.85. The first-order valence-electron chi connectivity index (χ1n) is 6.22. The lowest BCUT2D eigenvalue weighted by molar-refractivity contribution is -0.138. The van der Waals surface area contributed by atoms with Crippen LogP contribution < -0.4 is 0 Å². The number of hydrogen-bond acceptors (Lipinski definition) is 2. The fourth-order valence-electron chi connectivity index (χ4n) is 2.51. The number of carbonyl (C=O) groups is 1. The Balaban J connectivity index is 1.73. The molecule has 0 N–H and O–H groups in total. The molecule has 0 aliphatic carbocycles. The molecule has 1 amide bonds. The largest absolute Gasteiger partial charge is 0.339 e. The zero-order chi connectivity index (χ0) is 10.8. The molecule has 3 nitrogen and oxygen atoms in total. The predicted octanol–water partition coefficient (Wildman–Crippen LogP) is 1.34. The monoisotopic (exact) mass is 210 g/mol.